The smallest absolute Gasteiger partial charge is 0.123 e. The minimum Gasteiger partial charge on any atom is -0.398 e. The van der Waals surface area contributed by atoms with E-state index in [0.29, 0.717) is 12.2 Å². The van der Waals surface area contributed by atoms with Crippen molar-refractivity contribution in [2.24, 2.45) is 5.84 Å². The van der Waals surface area contributed by atoms with Crippen LogP contribution in [0.2, 0.25) is 0 Å². The first kappa shape index (κ1) is 12.3. The average molecular weight is 243 g/mol. The standard InChI is InChI=1S/C13H17N5/c14-11-4-2-1-3-10(11)12(18-16)7-9-5-6-17-13(15)8-9/h1-6,8,12,18H,7,14,16H2,(H2,15,17). The Kier molecular flexibility index (Phi) is 3.76. The molecule has 2 rings (SSSR count). The van der Waals surface area contributed by atoms with E-state index >= 15 is 0 Å². The van der Waals surface area contributed by atoms with E-state index in [1.165, 1.54) is 0 Å². The van der Waals surface area contributed by atoms with Gasteiger partial charge < -0.3 is 11.5 Å². The van der Waals surface area contributed by atoms with Crippen LogP contribution < -0.4 is 22.7 Å². The predicted octanol–water partition coefficient (Wildman–Crippen LogP) is 0.993. The summed E-state index contributed by atoms with van der Waals surface area (Å²) in [5, 5.41) is 0. The average Bonchev–Trinajstić information content (AvgIpc) is 2.37. The van der Waals surface area contributed by atoms with Crippen LogP contribution in [0.3, 0.4) is 0 Å². The molecule has 1 unspecified atom stereocenters. The third-order valence-corrected chi connectivity index (χ3v) is 2.86. The molecule has 1 heterocycles. The fraction of sp³-hybridized carbons (Fsp3) is 0.154. The second-order valence-corrected chi connectivity index (χ2v) is 4.14. The second-order valence-electron chi connectivity index (χ2n) is 4.14. The first-order chi connectivity index (χ1) is 8.70. The van der Waals surface area contributed by atoms with Crippen LogP contribution in [0.4, 0.5) is 11.5 Å². The number of anilines is 2. The van der Waals surface area contributed by atoms with Gasteiger partial charge >= 0.3 is 0 Å². The van der Waals surface area contributed by atoms with Crippen LogP contribution in [0.15, 0.2) is 42.6 Å². The monoisotopic (exact) mass is 243 g/mol. The highest BCUT2D eigenvalue weighted by Crippen LogP contribution is 2.23. The lowest BCUT2D eigenvalue weighted by Crippen LogP contribution is -2.30. The van der Waals surface area contributed by atoms with E-state index in [1.807, 2.05) is 36.4 Å². The van der Waals surface area contributed by atoms with E-state index in [1.54, 1.807) is 6.20 Å². The van der Waals surface area contributed by atoms with Crippen molar-refractivity contribution in [3.63, 3.8) is 0 Å². The van der Waals surface area contributed by atoms with Crippen molar-refractivity contribution < 1.29 is 0 Å². The summed E-state index contributed by atoms with van der Waals surface area (Å²) in [7, 11) is 0. The van der Waals surface area contributed by atoms with Crippen LogP contribution in [-0.4, -0.2) is 4.98 Å². The lowest BCUT2D eigenvalue weighted by molar-refractivity contribution is 0.553. The van der Waals surface area contributed by atoms with Gasteiger partial charge in [-0.3, -0.25) is 11.3 Å². The van der Waals surface area contributed by atoms with E-state index in [9.17, 15) is 0 Å². The lowest BCUT2D eigenvalue weighted by Gasteiger charge is -2.18. The Labute approximate surface area is 106 Å². The largest absolute Gasteiger partial charge is 0.398 e. The number of hydrogen-bond donors (Lipinski definition) is 4. The Morgan fingerprint density at radius 3 is 2.61 bits per heavy atom. The molecule has 18 heavy (non-hydrogen) atoms. The Hall–Kier alpha value is -2.11. The molecule has 5 heteroatoms. The molecule has 0 aliphatic carbocycles. The maximum Gasteiger partial charge on any atom is 0.123 e. The van der Waals surface area contributed by atoms with Gasteiger partial charge in [-0.15, -0.1) is 0 Å². The number of nitrogens with one attached hydrogen (secondary N) is 1. The van der Waals surface area contributed by atoms with Crippen LogP contribution in [0, 0.1) is 0 Å². The van der Waals surface area contributed by atoms with Crippen LogP contribution >= 0.6 is 0 Å². The van der Waals surface area contributed by atoms with Gasteiger partial charge in [0, 0.05) is 11.9 Å². The fourth-order valence-electron chi connectivity index (χ4n) is 1.94. The highest BCUT2D eigenvalue weighted by atomic mass is 15.2. The molecule has 0 aliphatic heterocycles. The minimum absolute atomic E-state index is 0.0481. The normalized spacial score (nSPS) is 12.3. The molecule has 0 aliphatic rings. The molecule has 94 valence electrons. The van der Waals surface area contributed by atoms with Crippen molar-refractivity contribution in [3.8, 4) is 0 Å². The molecule has 0 spiro atoms. The van der Waals surface area contributed by atoms with Gasteiger partial charge in [0.25, 0.3) is 0 Å². The number of hydrogen-bond acceptors (Lipinski definition) is 5. The molecule has 1 aromatic heterocycles. The number of nitrogen functional groups attached to an aromatic ring is 2. The van der Waals surface area contributed by atoms with E-state index in [0.717, 1.165) is 16.8 Å². The number of aromatic nitrogens is 1. The molecule has 1 atom stereocenters. The molecule has 0 bridgehead atoms. The molecule has 0 radical (unpaired) electrons. The zero-order valence-corrected chi connectivity index (χ0v) is 10.0. The summed E-state index contributed by atoms with van der Waals surface area (Å²) in [6.07, 6.45) is 2.39. The van der Waals surface area contributed by atoms with E-state index < -0.39 is 0 Å². The molecule has 5 nitrogen and oxygen atoms in total. The SMILES string of the molecule is NNC(Cc1ccnc(N)c1)c1ccccc1N. The maximum atomic E-state index is 5.95. The highest BCUT2D eigenvalue weighted by molar-refractivity contribution is 5.48. The highest BCUT2D eigenvalue weighted by Gasteiger charge is 2.13. The number of para-hydroxylation sites is 1. The van der Waals surface area contributed by atoms with Crippen molar-refractivity contribution in [1.29, 1.82) is 0 Å². The van der Waals surface area contributed by atoms with E-state index in [-0.39, 0.29) is 6.04 Å². The van der Waals surface area contributed by atoms with Crippen LogP contribution in [-0.2, 0) is 6.42 Å². The van der Waals surface area contributed by atoms with Gasteiger partial charge in [0.1, 0.15) is 5.82 Å². The first-order valence-electron chi connectivity index (χ1n) is 5.71. The summed E-state index contributed by atoms with van der Waals surface area (Å²) < 4.78 is 0. The van der Waals surface area contributed by atoms with Crippen molar-refractivity contribution >= 4 is 11.5 Å². The number of rotatable bonds is 4. The van der Waals surface area contributed by atoms with Gasteiger partial charge in [-0.2, -0.15) is 0 Å². The number of nitrogens with two attached hydrogens (primary N) is 3. The van der Waals surface area contributed by atoms with Crippen LogP contribution in [0.5, 0.6) is 0 Å². The topological polar surface area (TPSA) is 103 Å². The summed E-state index contributed by atoms with van der Waals surface area (Å²) in [5.74, 6) is 6.11. The third kappa shape index (κ3) is 2.77. The van der Waals surface area contributed by atoms with Gasteiger partial charge in [-0.05, 0) is 35.7 Å². The number of benzene rings is 1. The van der Waals surface area contributed by atoms with Crippen molar-refractivity contribution in [2.75, 3.05) is 11.5 Å². The quantitative estimate of drug-likeness (QED) is 0.364. The Morgan fingerprint density at radius 2 is 1.94 bits per heavy atom. The number of pyridine rings is 1. The molecule has 7 N–H and O–H groups in total. The van der Waals surface area contributed by atoms with Gasteiger partial charge in [-0.25, -0.2) is 4.98 Å². The van der Waals surface area contributed by atoms with Crippen LogP contribution in [0.1, 0.15) is 17.2 Å². The molecular weight excluding hydrogens is 226 g/mol. The molecule has 0 saturated carbocycles. The minimum atomic E-state index is -0.0481. The lowest BCUT2D eigenvalue weighted by atomic mass is 9.98. The number of hydrazine groups is 1. The fourth-order valence-corrected chi connectivity index (χ4v) is 1.94. The van der Waals surface area contributed by atoms with Crippen molar-refractivity contribution in [2.45, 2.75) is 12.5 Å². The Bertz CT molecular complexity index is 526. The zero-order chi connectivity index (χ0) is 13.0. The Balaban J connectivity index is 2.23. The summed E-state index contributed by atoms with van der Waals surface area (Å²) in [6, 6.07) is 11.4. The van der Waals surface area contributed by atoms with Gasteiger partial charge in [0.15, 0.2) is 0 Å². The molecule has 0 fully saturated rings. The van der Waals surface area contributed by atoms with Crippen molar-refractivity contribution in [3.05, 3.63) is 53.7 Å². The van der Waals surface area contributed by atoms with Gasteiger partial charge in [0.05, 0.1) is 6.04 Å². The first-order valence-corrected chi connectivity index (χ1v) is 5.71. The van der Waals surface area contributed by atoms with E-state index in [4.69, 9.17) is 17.3 Å². The molecule has 0 amide bonds. The van der Waals surface area contributed by atoms with Gasteiger partial charge in [-0.1, -0.05) is 18.2 Å². The van der Waals surface area contributed by atoms with Crippen LogP contribution in [0.25, 0.3) is 0 Å². The maximum absolute atomic E-state index is 5.95. The Morgan fingerprint density at radius 1 is 1.17 bits per heavy atom. The second kappa shape index (κ2) is 5.48. The van der Waals surface area contributed by atoms with Gasteiger partial charge in [0.2, 0.25) is 0 Å². The van der Waals surface area contributed by atoms with E-state index in [2.05, 4.69) is 10.4 Å². The summed E-state index contributed by atoms with van der Waals surface area (Å²) in [6.45, 7) is 0. The molecular formula is C13H17N5. The summed E-state index contributed by atoms with van der Waals surface area (Å²) in [4.78, 5) is 3.96. The molecule has 2 aromatic rings. The van der Waals surface area contributed by atoms with Crippen molar-refractivity contribution in [1.82, 2.24) is 10.4 Å². The number of nitrogens with zero attached hydrogens (tertiary/aromatic N) is 1. The summed E-state index contributed by atoms with van der Waals surface area (Å²) >= 11 is 0. The third-order valence-electron chi connectivity index (χ3n) is 2.86. The molecule has 0 saturated heterocycles. The summed E-state index contributed by atoms with van der Waals surface area (Å²) in [5.41, 5.74) is 17.2. The zero-order valence-electron chi connectivity index (χ0n) is 10.0. The molecule has 1 aromatic carbocycles. The predicted molar refractivity (Wildman–Crippen MR) is 73.3 cm³/mol.